The zero-order valence-corrected chi connectivity index (χ0v) is 18.3. The highest BCUT2D eigenvalue weighted by Gasteiger charge is 2.33. The minimum Gasteiger partial charge on any atom is -0.353 e. The van der Waals surface area contributed by atoms with E-state index in [1.165, 1.54) is 6.07 Å². The Kier molecular flexibility index (Phi) is 6.42. The molecule has 7 heteroatoms. The first-order valence-corrected chi connectivity index (χ1v) is 10.4. The van der Waals surface area contributed by atoms with Crippen molar-refractivity contribution in [2.75, 3.05) is 37.0 Å². The number of aryl methyl sites for hydroxylation is 2. The van der Waals surface area contributed by atoms with Gasteiger partial charge in [-0.3, -0.25) is 4.79 Å². The summed E-state index contributed by atoms with van der Waals surface area (Å²) in [6, 6.07) is 6.63. The zero-order chi connectivity index (χ0) is 21.2. The van der Waals surface area contributed by atoms with E-state index in [1.807, 2.05) is 38.7 Å². The van der Waals surface area contributed by atoms with Crippen LogP contribution in [-0.2, 0) is 11.2 Å². The van der Waals surface area contributed by atoms with Crippen molar-refractivity contribution in [1.82, 2.24) is 14.9 Å². The van der Waals surface area contributed by atoms with Crippen molar-refractivity contribution in [2.24, 2.45) is 5.41 Å². The Labute approximate surface area is 176 Å². The second-order valence-electron chi connectivity index (χ2n) is 8.26. The van der Waals surface area contributed by atoms with E-state index in [4.69, 9.17) is 16.6 Å². The number of aromatic nitrogens is 2. The molecule has 0 N–H and O–H groups in total. The number of piperazine rings is 1. The van der Waals surface area contributed by atoms with Gasteiger partial charge in [0, 0.05) is 49.7 Å². The van der Waals surface area contributed by atoms with Crippen LogP contribution in [0.3, 0.4) is 0 Å². The van der Waals surface area contributed by atoms with Crippen molar-refractivity contribution in [1.29, 1.82) is 0 Å². The first kappa shape index (κ1) is 21.5. The van der Waals surface area contributed by atoms with Crippen LogP contribution in [0, 0.1) is 25.1 Å². The summed E-state index contributed by atoms with van der Waals surface area (Å²) in [4.78, 5) is 26.0. The van der Waals surface area contributed by atoms with Gasteiger partial charge >= 0.3 is 0 Å². The van der Waals surface area contributed by atoms with E-state index in [2.05, 4.69) is 9.88 Å². The Morgan fingerprint density at radius 1 is 1.17 bits per heavy atom. The SMILES string of the molecule is Cc1nc(C)c(Cc2cccc(F)c2)c(N2CCN(C(=O)C(C)(C)CCl)CC2)n1. The Morgan fingerprint density at radius 2 is 1.86 bits per heavy atom. The zero-order valence-electron chi connectivity index (χ0n) is 17.5. The van der Waals surface area contributed by atoms with Crippen LogP contribution in [-0.4, -0.2) is 52.8 Å². The molecule has 1 amide bonds. The third-order valence-electron chi connectivity index (χ3n) is 5.35. The van der Waals surface area contributed by atoms with E-state index in [0.717, 1.165) is 22.6 Å². The van der Waals surface area contributed by atoms with E-state index in [9.17, 15) is 9.18 Å². The number of rotatable bonds is 5. The monoisotopic (exact) mass is 418 g/mol. The van der Waals surface area contributed by atoms with Crippen molar-refractivity contribution in [2.45, 2.75) is 34.1 Å². The third-order valence-corrected chi connectivity index (χ3v) is 6.02. The molecule has 0 spiro atoms. The number of carbonyl (C=O) groups is 1. The Hall–Kier alpha value is -2.21. The Morgan fingerprint density at radius 3 is 2.48 bits per heavy atom. The van der Waals surface area contributed by atoms with Crippen molar-refractivity contribution in [3.05, 3.63) is 52.7 Å². The molecule has 1 fully saturated rings. The highest BCUT2D eigenvalue weighted by Crippen LogP contribution is 2.27. The van der Waals surface area contributed by atoms with Gasteiger partial charge in [0.2, 0.25) is 5.91 Å². The molecule has 0 aliphatic carbocycles. The fourth-order valence-electron chi connectivity index (χ4n) is 3.64. The number of halogens is 2. The van der Waals surface area contributed by atoms with Crippen molar-refractivity contribution >= 4 is 23.3 Å². The quantitative estimate of drug-likeness (QED) is 0.694. The maximum Gasteiger partial charge on any atom is 0.229 e. The molecule has 3 rings (SSSR count). The highest BCUT2D eigenvalue weighted by molar-refractivity contribution is 6.19. The molecular formula is C22H28ClFN4O. The summed E-state index contributed by atoms with van der Waals surface area (Å²) in [5, 5.41) is 0. The average Bonchev–Trinajstić information content (AvgIpc) is 2.69. The predicted molar refractivity (Wildman–Crippen MR) is 114 cm³/mol. The van der Waals surface area contributed by atoms with Gasteiger partial charge in [-0.15, -0.1) is 11.6 Å². The van der Waals surface area contributed by atoms with E-state index in [1.54, 1.807) is 12.1 Å². The van der Waals surface area contributed by atoms with E-state index in [0.29, 0.717) is 44.3 Å². The van der Waals surface area contributed by atoms with Gasteiger partial charge in [-0.1, -0.05) is 12.1 Å². The van der Waals surface area contributed by atoms with Crippen molar-refractivity contribution in [3.63, 3.8) is 0 Å². The van der Waals surface area contributed by atoms with E-state index >= 15 is 0 Å². The predicted octanol–water partition coefficient (Wildman–Crippen LogP) is 3.74. The molecule has 0 radical (unpaired) electrons. The number of hydrogen-bond donors (Lipinski definition) is 0. The summed E-state index contributed by atoms with van der Waals surface area (Å²) in [5.41, 5.74) is 2.23. The van der Waals surface area contributed by atoms with Crippen LogP contribution in [0.1, 0.15) is 36.5 Å². The molecule has 0 bridgehead atoms. The molecule has 5 nitrogen and oxygen atoms in total. The fraction of sp³-hybridized carbons (Fsp3) is 0.500. The van der Waals surface area contributed by atoms with Crippen molar-refractivity contribution in [3.8, 4) is 0 Å². The molecule has 2 aromatic rings. The maximum atomic E-state index is 13.6. The normalized spacial score (nSPS) is 15.0. The number of hydrogen-bond acceptors (Lipinski definition) is 4. The first-order valence-electron chi connectivity index (χ1n) is 9.90. The van der Waals surface area contributed by atoms with E-state index in [-0.39, 0.29) is 11.7 Å². The van der Waals surface area contributed by atoms with Crippen LogP contribution in [0.4, 0.5) is 10.2 Å². The molecule has 0 unspecified atom stereocenters. The van der Waals surface area contributed by atoms with Gasteiger partial charge in [-0.2, -0.15) is 0 Å². The molecule has 1 aromatic carbocycles. The van der Waals surface area contributed by atoms with Crippen LogP contribution < -0.4 is 4.90 Å². The first-order chi connectivity index (χ1) is 13.7. The maximum absolute atomic E-state index is 13.6. The van der Waals surface area contributed by atoms with Gasteiger partial charge in [0.15, 0.2) is 0 Å². The fourth-order valence-corrected chi connectivity index (χ4v) is 3.76. The summed E-state index contributed by atoms with van der Waals surface area (Å²) < 4.78 is 13.6. The van der Waals surface area contributed by atoms with Gasteiger partial charge in [0.25, 0.3) is 0 Å². The molecular weight excluding hydrogens is 391 g/mol. The molecule has 0 atom stereocenters. The van der Waals surface area contributed by atoms with Gasteiger partial charge in [-0.05, 0) is 45.4 Å². The summed E-state index contributed by atoms with van der Waals surface area (Å²) in [5.74, 6) is 1.73. The van der Waals surface area contributed by atoms with E-state index < -0.39 is 5.41 Å². The second-order valence-corrected chi connectivity index (χ2v) is 8.53. The lowest BCUT2D eigenvalue weighted by Gasteiger charge is -2.39. The largest absolute Gasteiger partial charge is 0.353 e. The molecule has 2 heterocycles. The molecule has 29 heavy (non-hydrogen) atoms. The van der Waals surface area contributed by atoms with Crippen molar-refractivity contribution < 1.29 is 9.18 Å². The Balaban J connectivity index is 1.82. The van der Waals surface area contributed by atoms with Gasteiger partial charge in [0.05, 0.1) is 5.41 Å². The minimum atomic E-state index is -0.561. The lowest BCUT2D eigenvalue weighted by Crippen LogP contribution is -2.53. The molecule has 156 valence electrons. The van der Waals surface area contributed by atoms with Gasteiger partial charge in [-0.25, -0.2) is 14.4 Å². The minimum absolute atomic E-state index is 0.0854. The van der Waals surface area contributed by atoms with Crippen LogP contribution in [0.5, 0.6) is 0 Å². The standard InChI is InChI=1S/C22H28ClFN4O/c1-15-19(13-17-6-5-7-18(24)12-17)20(26-16(2)25-15)27-8-10-28(11-9-27)21(29)22(3,4)14-23/h5-7,12H,8-11,13-14H2,1-4H3. The number of anilines is 1. The number of benzene rings is 1. The number of nitrogens with zero attached hydrogens (tertiary/aromatic N) is 4. The third kappa shape index (κ3) is 4.86. The summed E-state index contributed by atoms with van der Waals surface area (Å²) in [6.07, 6.45) is 0.567. The van der Waals surface area contributed by atoms with Gasteiger partial charge in [0.1, 0.15) is 17.5 Å². The molecule has 1 saturated heterocycles. The molecule has 0 saturated carbocycles. The number of carbonyl (C=O) groups excluding carboxylic acids is 1. The summed E-state index contributed by atoms with van der Waals surface area (Å²) >= 11 is 5.97. The summed E-state index contributed by atoms with van der Waals surface area (Å²) in [6.45, 7) is 10.2. The molecule has 1 aliphatic rings. The van der Waals surface area contributed by atoms with Crippen LogP contribution >= 0.6 is 11.6 Å². The number of alkyl halides is 1. The molecule has 1 aliphatic heterocycles. The Bertz CT molecular complexity index is 894. The topological polar surface area (TPSA) is 49.3 Å². The highest BCUT2D eigenvalue weighted by atomic mass is 35.5. The lowest BCUT2D eigenvalue weighted by atomic mass is 9.94. The average molecular weight is 419 g/mol. The van der Waals surface area contributed by atoms with Crippen LogP contribution in [0.15, 0.2) is 24.3 Å². The van der Waals surface area contributed by atoms with Gasteiger partial charge < -0.3 is 9.80 Å². The smallest absolute Gasteiger partial charge is 0.229 e. The molecule has 1 aromatic heterocycles. The summed E-state index contributed by atoms with van der Waals surface area (Å²) in [7, 11) is 0. The van der Waals surface area contributed by atoms with Crippen LogP contribution in [0.25, 0.3) is 0 Å². The lowest BCUT2D eigenvalue weighted by molar-refractivity contribution is -0.139. The second kappa shape index (κ2) is 8.66. The van der Waals surface area contributed by atoms with Crippen LogP contribution in [0.2, 0.25) is 0 Å². The number of amides is 1.